The summed E-state index contributed by atoms with van der Waals surface area (Å²) in [4.78, 5) is 14.2. The Morgan fingerprint density at radius 1 is 0.903 bits per heavy atom. The van der Waals surface area contributed by atoms with E-state index in [4.69, 9.17) is 9.47 Å². The Morgan fingerprint density at radius 2 is 1.61 bits per heavy atom. The number of nitrogens with zero attached hydrogens (tertiary/aromatic N) is 1. The van der Waals surface area contributed by atoms with Crippen LogP contribution in [0.1, 0.15) is 37.5 Å². The molecule has 4 nitrogen and oxygen atoms in total. The third kappa shape index (κ3) is 5.46. The lowest BCUT2D eigenvalue weighted by molar-refractivity contribution is 0.0223. The molecule has 0 N–H and O–H groups in total. The molecule has 31 heavy (non-hydrogen) atoms. The van der Waals surface area contributed by atoms with Crippen LogP contribution in [0.4, 0.5) is 4.79 Å². The molecule has 0 aromatic heterocycles. The van der Waals surface area contributed by atoms with Gasteiger partial charge >= 0.3 is 6.09 Å². The van der Waals surface area contributed by atoms with Crippen molar-refractivity contribution in [1.29, 1.82) is 0 Å². The summed E-state index contributed by atoms with van der Waals surface area (Å²) in [5.74, 6) is 0.817. The van der Waals surface area contributed by atoms with Gasteiger partial charge < -0.3 is 14.4 Å². The number of benzene rings is 3. The van der Waals surface area contributed by atoms with E-state index >= 15 is 0 Å². The molecule has 0 atom stereocenters. The first kappa shape index (κ1) is 21.0. The van der Waals surface area contributed by atoms with Gasteiger partial charge in [0.2, 0.25) is 0 Å². The quantitative estimate of drug-likeness (QED) is 0.507. The number of ether oxygens (including phenoxy) is 2. The van der Waals surface area contributed by atoms with Crippen molar-refractivity contribution in [2.45, 2.75) is 45.9 Å². The van der Waals surface area contributed by atoms with Crippen molar-refractivity contribution in [3.63, 3.8) is 0 Å². The number of fused-ring (bicyclic) bond motifs is 1. The first-order chi connectivity index (χ1) is 14.9. The fourth-order valence-electron chi connectivity index (χ4n) is 3.70. The summed E-state index contributed by atoms with van der Waals surface area (Å²) in [7, 11) is 0. The largest absolute Gasteiger partial charge is 0.489 e. The molecule has 0 fully saturated rings. The van der Waals surface area contributed by atoms with E-state index in [2.05, 4.69) is 42.5 Å². The molecular formula is C27H29NO3. The first-order valence-corrected chi connectivity index (χ1v) is 10.7. The van der Waals surface area contributed by atoms with E-state index in [0.717, 1.165) is 23.3 Å². The van der Waals surface area contributed by atoms with Crippen LogP contribution in [-0.2, 0) is 24.3 Å². The Balaban J connectivity index is 1.38. The van der Waals surface area contributed by atoms with Crippen LogP contribution in [0.25, 0.3) is 11.1 Å². The molecular weight excluding hydrogens is 386 g/mol. The predicted molar refractivity (Wildman–Crippen MR) is 123 cm³/mol. The fourth-order valence-corrected chi connectivity index (χ4v) is 3.70. The molecule has 3 aromatic carbocycles. The number of amides is 1. The third-order valence-corrected chi connectivity index (χ3v) is 5.31. The summed E-state index contributed by atoms with van der Waals surface area (Å²) in [6.45, 7) is 7.40. The molecule has 0 spiro atoms. The number of hydrogen-bond donors (Lipinski definition) is 0. The van der Waals surface area contributed by atoms with Crippen LogP contribution < -0.4 is 4.74 Å². The number of hydrogen-bond acceptors (Lipinski definition) is 3. The molecule has 1 aliphatic heterocycles. The van der Waals surface area contributed by atoms with Gasteiger partial charge in [-0.05, 0) is 67.1 Å². The summed E-state index contributed by atoms with van der Waals surface area (Å²) in [5.41, 5.74) is 5.42. The zero-order valence-electron chi connectivity index (χ0n) is 18.4. The second-order valence-corrected chi connectivity index (χ2v) is 8.93. The number of carbonyl (C=O) groups excluding carboxylic acids is 1. The Bertz CT molecular complexity index is 1040. The van der Waals surface area contributed by atoms with E-state index in [0.29, 0.717) is 19.7 Å². The molecule has 160 valence electrons. The van der Waals surface area contributed by atoms with Gasteiger partial charge in [0, 0.05) is 13.1 Å². The van der Waals surface area contributed by atoms with Crippen LogP contribution in [0.15, 0.2) is 72.8 Å². The van der Waals surface area contributed by atoms with Crippen molar-refractivity contribution in [2.75, 3.05) is 6.54 Å². The molecule has 0 unspecified atom stereocenters. The molecule has 3 aromatic rings. The van der Waals surface area contributed by atoms with Gasteiger partial charge in [-0.25, -0.2) is 4.79 Å². The van der Waals surface area contributed by atoms with Crippen LogP contribution in [0.3, 0.4) is 0 Å². The molecule has 4 rings (SSSR count). The average molecular weight is 416 g/mol. The van der Waals surface area contributed by atoms with Crippen molar-refractivity contribution >= 4 is 6.09 Å². The van der Waals surface area contributed by atoms with Crippen molar-refractivity contribution in [2.24, 2.45) is 0 Å². The Morgan fingerprint density at radius 3 is 2.32 bits per heavy atom. The second-order valence-electron chi connectivity index (χ2n) is 8.93. The maximum Gasteiger partial charge on any atom is 0.410 e. The van der Waals surface area contributed by atoms with Gasteiger partial charge in [0.1, 0.15) is 18.0 Å². The van der Waals surface area contributed by atoms with Crippen LogP contribution in [0.2, 0.25) is 0 Å². The number of rotatable bonds is 4. The Labute approximate surface area is 184 Å². The molecule has 1 heterocycles. The van der Waals surface area contributed by atoms with Gasteiger partial charge in [-0.2, -0.15) is 0 Å². The van der Waals surface area contributed by atoms with E-state index in [1.807, 2.05) is 51.1 Å². The Kier molecular flexibility index (Phi) is 5.99. The highest BCUT2D eigenvalue weighted by Gasteiger charge is 2.25. The maximum atomic E-state index is 12.4. The second kappa shape index (κ2) is 8.84. The minimum Gasteiger partial charge on any atom is -0.489 e. The monoisotopic (exact) mass is 415 g/mol. The Hall–Kier alpha value is -3.27. The van der Waals surface area contributed by atoms with Gasteiger partial charge in [-0.15, -0.1) is 0 Å². The molecule has 0 saturated carbocycles. The lowest BCUT2D eigenvalue weighted by atomic mass is 10.00. The summed E-state index contributed by atoms with van der Waals surface area (Å²) < 4.78 is 11.6. The highest BCUT2D eigenvalue weighted by molar-refractivity contribution is 5.68. The van der Waals surface area contributed by atoms with Gasteiger partial charge in [-0.3, -0.25) is 0 Å². The van der Waals surface area contributed by atoms with Crippen molar-refractivity contribution in [1.82, 2.24) is 4.90 Å². The van der Waals surface area contributed by atoms with Crippen molar-refractivity contribution in [3.05, 3.63) is 89.5 Å². The van der Waals surface area contributed by atoms with Crippen LogP contribution in [0, 0.1) is 0 Å². The molecule has 0 bridgehead atoms. The topological polar surface area (TPSA) is 38.8 Å². The average Bonchev–Trinajstić information content (AvgIpc) is 2.77. The van der Waals surface area contributed by atoms with E-state index in [1.165, 1.54) is 16.7 Å². The zero-order chi connectivity index (χ0) is 21.8. The van der Waals surface area contributed by atoms with Crippen molar-refractivity contribution in [3.8, 4) is 16.9 Å². The summed E-state index contributed by atoms with van der Waals surface area (Å²) in [6.07, 6.45) is 0.568. The zero-order valence-corrected chi connectivity index (χ0v) is 18.4. The normalized spacial score (nSPS) is 13.5. The standard InChI is InChI=1S/C27H29NO3/c1-27(2,3)31-26(29)28-16-15-23-13-14-25(17-24(23)18-28)30-19-20-9-11-22(12-10-20)21-7-5-4-6-8-21/h4-14,17H,15-16,18-19H2,1-3H3. The van der Waals surface area contributed by atoms with Crippen LogP contribution in [-0.4, -0.2) is 23.1 Å². The lowest BCUT2D eigenvalue weighted by Gasteiger charge is -2.31. The fraction of sp³-hybridized carbons (Fsp3) is 0.296. The summed E-state index contributed by atoms with van der Waals surface area (Å²) in [6, 6.07) is 25.0. The molecule has 1 amide bonds. The van der Waals surface area contributed by atoms with Crippen molar-refractivity contribution < 1.29 is 14.3 Å². The number of carbonyl (C=O) groups is 1. The molecule has 0 radical (unpaired) electrons. The highest BCUT2D eigenvalue weighted by Crippen LogP contribution is 2.26. The lowest BCUT2D eigenvalue weighted by Crippen LogP contribution is -2.39. The molecule has 0 aliphatic carbocycles. The van der Waals surface area contributed by atoms with Gasteiger partial charge in [0.15, 0.2) is 0 Å². The van der Waals surface area contributed by atoms with E-state index in [1.54, 1.807) is 4.90 Å². The third-order valence-electron chi connectivity index (χ3n) is 5.31. The highest BCUT2D eigenvalue weighted by atomic mass is 16.6. The predicted octanol–water partition coefficient (Wildman–Crippen LogP) is 6.23. The minimum atomic E-state index is -0.488. The minimum absolute atomic E-state index is 0.261. The smallest absolute Gasteiger partial charge is 0.410 e. The summed E-state index contributed by atoms with van der Waals surface area (Å²) in [5, 5.41) is 0. The van der Waals surface area contributed by atoms with Gasteiger partial charge in [0.05, 0.1) is 0 Å². The van der Waals surface area contributed by atoms with Gasteiger partial charge in [0.25, 0.3) is 0 Å². The maximum absolute atomic E-state index is 12.4. The SMILES string of the molecule is CC(C)(C)OC(=O)N1CCc2ccc(OCc3ccc(-c4ccccc4)cc3)cc2C1. The molecule has 0 saturated heterocycles. The van der Waals surface area contributed by atoms with E-state index < -0.39 is 5.60 Å². The van der Waals surface area contributed by atoms with E-state index in [9.17, 15) is 4.79 Å². The van der Waals surface area contributed by atoms with E-state index in [-0.39, 0.29) is 6.09 Å². The van der Waals surface area contributed by atoms with Crippen LogP contribution >= 0.6 is 0 Å². The molecule has 4 heteroatoms. The summed E-state index contributed by atoms with van der Waals surface area (Å²) >= 11 is 0. The molecule has 1 aliphatic rings. The van der Waals surface area contributed by atoms with Gasteiger partial charge in [-0.1, -0.05) is 60.7 Å². The first-order valence-electron chi connectivity index (χ1n) is 10.7. The van der Waals surface area contributed by atoms with Crippen LogP contribution in [0.5, 0.6) is 5.75 Å².